The average Bonchev–Trinajstić information content (AvgIpc) is 3.27. The van der Waals surface area contributed by atoms with E-state index in [1.54, 1.807) is 42.7 Å². The third kappa shape index (κ3) is 10.2. The van der Waals surface area contributed by atoms with Crippen LogP contribution in [0.2, 0.25) is 0 Å². The maximum Gasteiger partial charge on any atom is 0.254 e. The van der Waals surface area contributed by atoms with E-state index in [1.807, 2.05) is 109 Å². The summed E-state index contributed by atoms with van der Waals surface area (Å²) < 4.78 is 40.4. The fraction of sp³-hybridized carbons (Fsp3) is 0.0833. The summed E-state index contributed by atoms with van der Waals surface area (Å²) in [6.07, 6.45) is 3.18. The molecule has 0 atom stereocenters. The normalized spacial score (nSPS) is 10.7. The molecule has 2 heterocycles. The van der Waals surface area contributed by atoms with Crippen LogP contribution < -0.4 is 20.1 Å². The molecular weight excluding hydrogens is 735 g/mol. The molecule has 288 valence electrons. The highest BCUT2D eigenvalue weighted by molar-refractivity contribution is 5.99. The summed E-state index contributed by atoms with van der Waals surface area (Å²) in [5, 5.41) is 6.57. The molecule has 10 heteroatoms. The van der Waals surface area contributed by atoms with Gasteiger partial charge in [-0.2, -0.15) is 0 Å². The number of rotatable bonds is 12. The van der Waals surface area contributed by atoms with E-state index in [0.29, 0.717) is 42.7 Å². The minimum atomic E-state index is -0.585. The van der Waals surface area contributed by atoms with Crippen LogP contribution in [0.25, 0.3) is 21.8 Å². The average molecular weight is 773 g/mol. The zero-order chi connectivity index (χ0) is 40.1. The first-order valence-corrected chi connectivity index (χ1v) is 18.5. The molecule has 58 heavy (non-hydrogen) atoms. The van der Waals surface area contributed by atoms with Gasteiger partial charge in [0.1, 0.15) is 36.3 Å². The molecule has 0 unspecified atom stereocenters. The molecule has 8 aromatic rings. The zero-order valence-electron chi connectivity index (χ0n) is 31.3. The van der Waals surface area contributed by atoms with Crippen LogP contribution in [0, 0.1) is 11.6 Å². The summed E-state index contributed by atoms with van der Waals surface area (Å²) in [5.41, 5.74) is 5.04. The van der Waals surface area contributed by atoms with Gasteiger partial charge in [-0.05, 0) is 82.9 Å². The summed E-state index contributed by atoms with van der Waals surface area (Å²) in [4.78, 5) is 33.0. The van der Waals surface area contributed by atoms with Crippen molar-refractivity contribution in [2.45, 2.75) is 26.3 Å². The molecule has 0 aliphatic heterocycles. The van der Waals surface area contributed by atoms with Crippen molar-refractivity contribution in [3.63, 3.8) is 0 Å². The Morgan fingerprint density at radius 3 is 1.59 bits per heavy atom. The van der Waals surface area contributed by atoms with Crippen molar-refractivity contribution in [3.8, 4) is 11.5 Å². The Bertz CT molecular complexity index is 2520. The first-order chi connectivity index (χ1) is 28.4. The molecule has 2 amide bonds. The maximum atomic E-state index is 14.6. The Morgan fingerprint density at radius 1 is 0.500 bits per heavy atom. The molecule has 6 aromatic carbocycles. The second-order valence-electron chi connectivity index (χ2n) is 13.2. The third-order valence-corrected chi connectivity index (χ3v) is 9.15. The molecule has 8 nitrogen and oxygen atoms in total. The van der Waals surface area contributed by atoms with E-state index in [0.717, 1.165) is 39.1 Å². The van der Waals surface area contributed by atoms with Gasteiger partial charge in [0.15, 0.2) is 0 Å². The summed E-state index contributed by atoms with van der Waals surface area (Å²) in [6, 6.07) is 47.5. The van der Waals surface area contributed by atoms with Crippen LogP contribution in [0.15, 0.2) is 170 Å². The van der Waals surface area contributed by atoms with E-state index in [9.17, 15) is 18.4 Å². The highest BCUT2D eigenvalue weighted by atomic mass is 19.1. The second kappa shape index (κ2) is 18.9. The molecule has 0 spiro atoms. The number of carbonyl (C=O) groups excluding carboxylic acids is 2. The monoisotopic (exact) mass is 772 g/mol. The first kappa shape index (κ1) is 38.8. The second-order valence-corrected chi connectivity index (χ2v) is 13.2. The molecular formula is C48H38F2N4O4. The van der Waals surface area contributed by atoms with Crippen molar-refractivity contribution in [2.75, 3.05) is 0 Å². The van der Waals surface area contributed by atoms with E-state index in [1.165, 1.54) is 18.2 Å². The predicted octanol–water partition coefficient (Wildman–Crippen LogP) is 9.77. The Hall–Kier alpha value is -7.46. The Morgan fingerprint density at radius 2 is 1.02 bits per heavy atom. The van der Waals surface area contributed by atoms with E-state index < -0.39 is 23.4 Å². The van der Waals surface area contributed by atoms with Crippen LogP contribution in [0.4, 0.5) is 8.78 Å². The Kier molecular flexibility index (Phi) is 12.7. The fourth-order valence-corrected chi connectivity index (χ4v) is 6.00. The topological polar surface area (TPSA) is 102 Å². The number of amides is 2. The lowest BCUT2D eigenvalue weighted by atomic mass is 10.1. The van der Waals surface area contributed by atoms with Gasteiger partial charge in [0.25, 0.3) is 11.8 Å². The predicted molar refractivity (Wildman–Crippen MR) is 220 cm³/mol. The third-order valence-electron chi connectivity index (χ3n) is 9.15. The lowest BCUT2D eigenvalue weighted by Gasteiger charge is -2.09. The van der Waals surface area contributed by atoms with E-state index in [4.69, 9.17) is 9.47 Å². The van der Waals surface area contributed by atoms with Crippen LogP contribution in [-0.2, 0) is 26.3 Å². The number of hydrogen-bond donors (Lipinski definition) is 2. The number of hydrogen-bond acceptors (Lipinski definition) is 6. The lowest BCUT2D eigenvalue weighted by molar-refractivity contribution is 0.0938. The SMILES string of the molecule is O=C(NCc1ccc(OCc2ccccc2)cc1)c1cc2cccnc2cc1F.O=C(NCc1ccc(OCc2ccccc2)cc1)c1ccc2ncccc2c1F. The van der Waals surface area contributed by atoms with E-state index >= 15 is 0 Å². The summed E-state index contributed by atoms with van der Waals surface area (Å²) >= 11 is 0. The van der Waals surface area contributed by atoms with Gasteiger partial charge in [-0.1, -0.05) is 91.0 Å². The van der Waals surface area contributed by atoms with Gasteiger partial charge in [0.2, 0.25) is 0 Å². The number of ether oxygens (including phenoxy) is 2. The smallest absolute Gasteiger partial charge is 0.254 e. The minimum absolute atomic E-state index is 0.00770. The molecule has 0 fully saturated rings. The quantitative estimate of drug-likeness (QED) is 0.128. The van der Waals surface area contributed by atoms with E-state index in [-0.39, 0.29) is 11.1 Å². The van der Waals surface area contributed by atoms with Crippen molar-refractivity contribution < 1.29 is 27.8 Å². The van der Waals surface area contributed by atoms with Gasteiger partial charge in [-0.15, -0.1) is 0 Å². The van der Waals surface area contributed by atoms with Gasteiger partial charge in [0, 0.05) is 42.3 Å². The maximum absolute atomic E-state index is 14.6. The number of nitrogens with zero attached hydrogens (tertiary/aromatic N) is 2. The van der Waals surface area contributed by atoms with Crippen LogP contribution in [0.5, 0.6) is 11.5 Å². The standard InChI is InChI=1S/2C24H19FN2O2/c25-23-20-7-4-14-26-22(20)13-12-21(23)24(28)27-15-17-8-10-19(11-9-17)29-16-18-5-2-1-3-6-18;25-22-14-23-19(7-4-12-26-23)13-21(22)24(28)27-15-17-8-10-20(11-9-17)29-16-18-5-2-1-3-6-18/h2*1-14H,15-16H2,(H,27,28). The number of aromatic nitrogens is 2. The number of carbonyl (C=O) groups is 2. The molecule has 2 aromatic heterocycles. The van der Waals surface area contributed by atoms with Crippen molar-refractivity contribution >= 4 is 33.6 Å². The number of pyridine rings is 2. The van der Waals surface area contributed by atoms with E-state index in [2.05, 4.69) is 20.6 Å². The number of benzene rings is 6. The van der Waals surface area contributed by atoms with Crippen LogP contribution in [0.3, 0.4) is 0 Å². The van der Waals surface area contributed by atoms with Crippen LogP contribution in [-0.4, -0.2) is 21.8 Å². The van der Waals surface area contributed by atoms with Gasteiger partial charge < -0.3 is 20.1 Å². The number of nitrogens with one attached hydrogen (secondary N) is 2. The Balaban J connectivity index is 0.000000177. The zero-order valence-corrected chi connectivity index (χ0v) is 31.3. The molecule has 2 N–H and O–H groups in total. The first-order valence-electron chi connectivity index (χ1n) is 18.5. The molecule has 0 radical (unpaired) electrons. The highest BCUT2D eigenvalue weighted by Gasteiger charge is 2.15. The summed E-state index contributed by atoms with van der Waals surface area (Å²) in [7, 11) is 0. The molecule has 0 saturated heterocycles. The van der Waals surface area contributed by atoms with Gasteiger partial charge >= 0.3 is 0 Å². The van der Waals surface area contributed by atoms with Gasteiger partial charge in [-0.25, -0.2) is 8.78 Å². The molecule has 0 aliphatic rings. The van der Waals surface area contributed by atoms with Gasteiger partial charge in [0.05, 0.1) is 22.2 Å². The van der Waals surface area contributed by atoms with Crippen molar-refractivity contribution in [1.29, 1.82) is 0 Å². The van der Waals surface area contributed by atoms with Crippen LogP contribution in [0.1, 0.15) is 43.0 Å². The molecule has 0 bridgehead atoms. The molecule has 0 aliphatic carbocycles. The summed E-state index contributed by atoms with van der Waals surface area (Å²) in [6.45, 7) is 1.57. The number of fused-ring (bicyclic) bond motifs is 2. The fourth-order valence-electron chi connectivity index (χ4n) is 6.00. The van der Waals surface area contributed by atoms with Crippen LogP contribution >= 0.6 is 0 Å². The number of halogens is 2. The highest BCUT2D eigenvalue weighted by Crippen LogP contribution is 2.21. The molecule has 0 saturated carbocycles. The van der Waals surface area contributed by atoms with Gasteiger partial charge in [-0.3, -0.25) is 19.6 Å². The lowest BCUT2D eigenvalue weighted by Crippen LogP contribution is -2.23. The van der Waals surface area contributed by atoms with Crippen molar-refractivity contribution in [2.24, 2.45) is 0 Å². The largest absolute Gasteiger partial charge is 0.489 e. The Labute approximate surface area is 334 Å². The molecule has 8 rings (SSSR count). The van der Waals surface area contributed by atoms with Crippen molar-refractivity contribution in [1.82, 2.24) is 20.6 Å². The van der Waals surface area contributed by atoms with Crippen molar-refractivity contribution in [3.05, 3.63) is 215 Å². The minimum Gasteiger partial charge on any atom is -0.489 e. The summed E-state index contributed by atoms with van der Waals surface area (Å²) in [5.74, 6) is -0.569.